The average Bonchev–Trinajstić information content (AvgIpc) is 3.01. The van der Waals surface area contributed by atoms with Crippen LogP contribution >= 0.6 is 0 Å². The maximum absolute atomic E-state index is 13.8. The van der Waals surface area contributed by atoms with Crippen LogP contribution in [0.5, 0.6) is 34.5 Å². The number of hydrogen-bond acceptors (Lipinski definition) is 17. The molecule has 0 aliphatic carbocycles. The number of phenolic OH excluding ortho intramolecular Hbond substituents is 3. The molecule has 5 rings (SSSR count). The molecule has 2 saturated heterocycles. The number of benzene rings is 2. The lowest BCUT2D eigenvalue weighted by atomic mass is 9.99. The Morgan fingerprint density at radius 2 is 1.47 bits per heavy atom. The van der Waals surface area contributed by atoms with E-state index in [1.54, 1.807) is 0 Å². The van der Waals surface area contributed by atoms with Gasteiger partial charge in [-0.1, -0.05) is 0 Å². The van der Waals surface area contributed by atoms with E-state index in [4.69, 9.17) is 32.8 Å². The third-order valence-electron chi connectivity index (χ3n) is 7.46. The van der Waals surface area contributed by atoms with Gasteiger partial charge in [0.2, 0.25) is 23.2 Å². The molecule has 0 amide bonds. The second-order valence-electron chi connectivity index (χ2n) is 10.3. The smallest absolute Gasteiger partial charge is 0.239 e. The summed E-state index contributed by atoms with van der Waals surface area (Å²) in [6.07, 6.45) is -14.9. The van der Waals surface area contributed by atoms with Gasteiger partial charge in [0.15, 0.2) is 35.0 Å². The molecule has 246 valence electrons. The lowest BCUT2D eigenvalue weighted by Crippen LogP contribution is -2.61. The second-order valence-corrected chi connectivity index (χ2v) is 10.3. The zero-order chi connectivity index (χ0) is 32.7. The van der Waals surface area contributed by atoms with Crippen molar-refractivity contribution in [2.24, 2.45) is 0 Å². The van der Waals surface area contributed by atoms with Crippen molar-refractivity contribution in [1.82, 2.24) is 0 Å². The van der Waals surface area contributed by atoms with E-state index in [0.29, 0.717) is 0 Å². The molecular formula is C28H32O17. The van der Waals surface area contributed by atoms with Crippen molar-refractivity contribution in [3.8, 4) is 45.8 Å². The first-order chi connectivity index (χ1) is 21.4. The Balaban J connectivity index is 1.50. The van der Waals surface area contributed by atoms with Crippen molar-refractivity contribution in [2.45, 2.75) is 55.3 Å². The van der Waals surface area contributed by atoms with Gasteiger partial charge in [-0.15, -0.1) is 0 Å². The van der Waals surface area contributed by atoms with Crippen LogP contribution in [-0.4, -0.2) is 129 Å². The molecule has 2 fully saturated rings. The molecule has 2 aromatic carbocycles. The predicted octanol–water partition coefficient (Wildman–Crippen LogP) is -1.76. The van der Waals surface area contributed by atoms with Crippen LogP contribution < -0.4 is 19.6 Å². The molecule has 9 unspecified atom stereocenters. The minimum atomic E-state index is -1.93. The zero-order valence-corrected chi connectivity index (χ0v) is 23.7. The van der Waals surface area contributed by atoms with Gasteiger partial charge in [0.05, 0.1) is 27.4 Å². The number of aliphatic hydroxyl groups is 6. The fourth-order valence-electron chi connectivity index (χ4n) is 5.01. The molecule has 0 spiro atoms. The van der Waals surface area contributed by atoms with Crippen molar-refractivity contribution < 1.29 is 78.8 Å². The Hall–Kier alpha value is -3.91. The molecule has 2 aliphatic rings. The van der Waals surface area contributed by atoms with E-state index < -0.39 is 96.1 Å². The molecular weight excluding hydrogens is 608 g/mol. The molecule has 17 nitrogen and oxygen atoms in total. The monoisotopic (exact) mass is 640 g/mol. The van der Waals surface area contributed by atoms with E-state index in [1.165, 1.54) is 13.2 Å². The van der Waals surface area contributed by atoms with Gasteiger partial charge < -0.3 is 78.8 Å². The lowest BCUT2D eigenvalue weighted by Gasteiger charge is -2.41. The molecule has 0 saturated carbocycles. The summed E-state index contributed by atoms with van der Waals surface area (Å²) in [6, 6.07) is 4.65. The molecule has 17 heteroatoms. The highest BCUT2D eigenvalue weighted by Crippen LogP contribution is 2.45. The number of phenols is 3. The highest BCUT2D eigenvalue weighted by molar-refractivity contribution is 5.91. The number of rotatable bonds is 8. The van der Waals surface area contributed by atoms with E-state index in [-0.39, 0.29) is 34.6 Å². The van der Waals surface area contributed by atoms with Crippen molar-refractivity contribution in [2.75, 3.05) is 27.4 Å². The van der Waals surface area contributed by atoms with E-state index in [0.717, 1.165) is 25.3 Å². The number of methoxy groups -OCH3 is 2. The summed E-state index contributed by atoms with van der Waals surface area (Å²) in [5.74, 6) is -2.99. The van der Waals surface area contributed by atoms with E-state index in [9.17, 15) is 50.8 Å². The standard InChI is InChI=1S/C28H32O17/c1-39-24-12(31)6-14-16(19(35)26(40-2)23(43-14)9-3-4-10(29)11(30)5-9)25(24)45-28-22(38)20(36)18(34)15(44-28)8-42-27-21(37)17(33)13(32)7-41-27/h3-6,13,15,17-18,20-22,27-34,36-38H,7-8H2,1-2H3. The minimum absolute atomic E-state index is 0.124. The van der Waals surface area contributed by atoms with Crippen LogP contribution in [0.4, 0.5) is 0 Å². The summed E-state index contributed by atoms with van der Waals surface area (Å²) < 4.78 is 38.4. The maximum atomic E-state index is 13.8. The summed E-state index contributed by atoms with van der Waals surface area (Å²) in [5, 5.41) is 91.5. The van der Waals surface area contributed by atoms with Crippen LogP contribution in [-0.2, 0) is 14.2 Å². The zero-order valence-electron chi connectivity index (χ0n) is 23.7. The number of aliphatic hydroxyl groups excluding tert-OH is 6. The van der Waals surface area contributed by atoms with Gasteiger partial charge in [-0.05, 0) is 18.2 Å². The van der Waals surface area contributed by atoms with Gasteiger partial charge in [0.25, 0.3) is 0 Å². The fraction of sp³-hybridized carbons (Fsp3) is 0.464. The molecule has 0 bridgehead atoms. The molecule has 0 radical (unpaired) electrons. The molecule has 1 aromatic heterocycles. The number of hydrogen-bond donors (Lipinski definition) is 9. The normalized spacial score (nSPS) is 30.3. The summed E-state index contributed by atoms with van der Waals surface area (Å²) >= 11 is 0. The largest absolute Gasteiger partial charge is 0.504 e. The summed E-state index contributed by atoms with van der Waals surface area (Å²) in [5.41, 5.74) is -1.00. The third-order valence-corrected chi connectivity index (χ3v) is 7.46. The molecule has 9 N–H and O–H groups in total. The third kappa shape index (κ3) is 5.92. The van der Waals surface area contributed by atoms with Gasteiger partial charge in [-0.25, -0.2) is 0 Å². The Morgan fingerprint density at radius 1 is 0.778 bits per heavy atom. The van der Waals surface area contributed by atoms with Crippen molar-refractivity contribution in [3.05, 3.63) is 34.5 Å². The first-order valence-electron chi connectivity index (χ1n) is 13.5. The minimum Gasteiger partial charge on any atom is -0.504 e. The van der Waals surface area contributed by atoms with Crippen LogP contribution in [0.3, 0.4) is 0 Å². The molecule has 45 heavy (non-hydrogen) atoms. The first kappa shape index (κ1) is 32.5. The van der Waals surface area contributed by atoms with E-state index in [1.807, 2.05) is 0 Å². The number of ether oxygens (including phenoxy) is 6. The Kier molecular flexibility index (Phi) is 9.26. The highest BCUT2D eigenvalue weighted by Gasteiger charge is 2.47. The summed E-state index contributed by atoms with van der Waals surface area (Å²) in [7, 11) is 2.32. The maximum Gasteiger partial charge on any atom is 0.239 e. The van der Waals surface area contributed by atoms with Crippen molar-refractivity contribution >= 4 is 11.0 Å². The van der Waals surface area contributed by atoms with Crippen molar-refractivity contribution in [1.29, 1.82) is 0 Å². The van der Waals surface area contributed by atoms with Crippen molar-refractivity contribution in [3.63, 3.8) is 0 Å². The summed E-state index contributed by atoms with van der Waals surface area (Å²) in [4.78, 5) is 13.8. The molecule has 9 atom stereocenters. The predicted molar refractivity (Wildman–Crippen MR) is 147 cm³/mol. The average molecular weight is 641 g/mol. The van der Waals surface area contributed by atoms with E-state index in [2.05, 4.69) is 0 Å². The first-order valence-corrected chi connectivity index (χ1v) is 13.5. The quantitative estimate of drug-likeness (QED) is 0.123. The molecule has 2 aliphatic heterocycles. The van der Waals surface area contributed by atoms with Gasteiger partial charge >= 0.3 is 0 Å². The SMILES string of the molecule is COc1c(O)cc2oc(-c3ccc(O)c(O)c3)c(OC)c(=O)c2c1OC1OC(COC2OCC(O)C(O)C2O)C(O)C(O)C1O. The van der Waals surface area contributed by atoms with Crippen LogP contribution in [0, 0.1) is 0 Å². The van der Waals surface area contributed by atoms with Gasteiger partial charge in [-0.3, -0.25) is 4.79 Å². The van der Waals surface area contributed by atoms with Gasteiger partial charge in [0, 0.05) is 11.6 Å². The van der Waals surface area contributed by atoms with Gasteiger partial charge in [-0.2, -0.15) is 0 Å². The summed E-state index contributed by atoms with van der Waals surface area (Å²) in [6.45, 7) is -0.942. The molecule has 3 aromatic rings. The molecule has 3 heterocycles. The van der Waals surface area contributed by atoms with Gasteiger partial charge in [0.1, 0.15) is 53.7 Å². The van der Waals surface area contributed by atoms with Crippen LogP contribution in [0.25, 0.3) is 22.3 Å². The Morgan fingerprint density at radius 3 is 2.13 bits per heavy atom. The van der Waals surface area contributed by atoms with Crippen LogP contribution in [0.15, 0.2) is 33.5 Å². The Bertz CT molecular complexity index is 1590. The number of aromatic hydroxyl groups is 3. The van der Waals surface area contributed by atoms with Crippen LogP contribution in [0.1, 0.15) is 0 Å². The Labute approximate surface area is 253 Å². The lowest BCUT2D eigenvalue weighted by molar-refractivity contribution is -0.307. The number of fused-ring (bicyclic) bond motifs is 1. The fourth-order valence-corrected chi connectivity index (χ4v) is 5.01. The topological polar surface area (TPSA) is 268 Å². The second kappa shape index (κ2) is 12.8. The highest BCUT2D eigenvalue weighted by atomic mass is 16.7. The van der Waals surface area contributed by atoms with E-state index >= 15 is 0 Å². The van der Waals surface area contributed by atoms with Crippen LogP contribution in [0.2, 0.25) is 0 Å².